The molecule has 2 aromatic rings. The predicted octanol–water partition coefficient (Wildman–Crippen LogP) is 3.74. The first-order valence-corrected chi connectivity index (χ1v) is 11.3. The molecule has 0 aromatic heterocycles. The Balaban J connectivity index is 1.49. The molecule has 0 bridgehead atoms. The number of carbonyl (C=O) groups excluding carboxylic acids is 3. The van der Waals surface area contributed by atoms with Gasteiger partial charge in [-0.15, -0.1) is 0 Å². The number of hydrogen-bond donors (Lipinski definition) is 2. The van der Waals surface area contributed by atoms with E-state index in [1.165, 1.54) is 0 Å². The number of rotatable bonds is 7. The van der Waals surface area contributed by atoms with Crippen LogP contribution in [0.1, 0.15) is 56.0 Å². The molecule has 0 aliphatic carbocycles. The molecule has 1 saturated heterocycles. The van der Waals surface area contributed by atoms with E-state index in [0.29, 0.717) is 30.0 Å². The largest absolute Gasteiger partial charge is 0.497 e. The normalized spacial score (nSPS) is 15.8. The molecule has 7 nitrogen and oxygen atoms in total. The van der Waals surface area contributed by atoms with Gasteiger partial charge in [-0.05, 0) is 60.2 Å². The minimum atomic E-state index is -0.500. The molecule has 0 spiro atoms. The standard InChI is InChI=1S/C26H33N3O4/c1-26(2,3)19-9-7-18(8-10-19)24(31)27-16-15-23(30)29-17-5-6-22(29)25(32)28-20-11-13-21(33-4)14-12-20/h7-14,22H,5-6,15-17H2,1-4H3,(H,27,31)(H,28,32). The first kappa shape index (κ1) is 24.3. The van der Waals surface area contributed by atoms with Crippen molar-refractivity contribution >= 4 is 23.4 Å². The predicted molar refractivity (Wildman–Crippen MR) is 128 cm³/mol. The SMILES string of the molecule is COc1ccc(NC(=O)C2CCCN2C(=O)CCNC(=O)c2ccc(C(C)(C)C)cc2)cc1. The van der Waals surface area contributed by atoms with Gasteiger partial charge in [-0.2, -0.15) is 0 Å². The van der Waals surface area contributed by atoms with Crippen LogP contribution in [0.15, 0.2) is 48.5 Å². The Kier molecular flexibility index (Phi) is 7.74. The number of benzene rings is 2. The lowest BCUT2D eigenvalue weighted by Crippen LogP contribution is -2.44. The Hall–Kier alpha value is -3.35. The van der Waals surface area contributed by atoms with Crippen LogP contribution < -0.4 is 15.4 Å². The fourth-order valence-electron chi connectivity index (χ4n) is 3.89. The summed E-state index contributed by atoms with van der Waals surface area (Å²) in [7, 11) is 1.58. The minimum absolute atomic E-state index is 0.0212. The van der Waals surface area contributed by atoms with E-state index in [4.69, 9.17) is 4.74 Å². The second kappa shape index (κ2) is 10.5. The number of nitrogens with one attached hydrogen (secondary N) is 2. The Morgan fingerprint density at radius 1 is 1.03 bits per heavy atom. The van der Waals surface area contributed by atoms with Crippen molar-refractivity contribution in [2.75, 3.05) is 25.5 Å². The van der Waals surface area contributed by atoms with Crippen LogP contribution >= 0.6 is 0 Å². The highest BCUT2D eigenvalue weighted by Gasteiger charge is 2.33. The molecule has 33 heavy (non-hydrogen) atoms. The molecule has 176 valence electrons. The van der Waals surface area contributed by atoms with E-state index in [9.17, 15) is 14.4 Å². The molecule has 2 N–H and O–H groups in total. The number of nitrogens with zero attached hydrogens (tertiary/aromatic N) is 1. The van der Waals surface area contributed by atoms with Gasteiger partial charge < -0.3 is 20.3 Å². The van der Waals surface area contributed by atoms with Crippen LogP contribution in [0.4, 0.5) is 5.69 Å². The third-order valence-electron chi connectivity index (χ3n) is 5.87. The highest BCUT2D eigenvalue weighted by molar-refractivity contribution is 5.98. The first-order chi connectivity index (χ1) is 15.7. The molecule has 3 amide bonds. The lowest BCUT2D eigenvalue weighted by molar-refractivity contribution is -0.136. The molecule has 7 heteroatoms. The van der Waals surface area contributed by atoms with E-state index in [1.807, 2.05) is 12.1 Å². The summed E-state index contributed by atoms with van der Waals surface area (Å²) >= 11 is 0. The topological polar surface area (TPSA) is 87.7 Å². The quantitative estimate of drug-likeness (QED) is 0.671. The fourth-order valence-corrected chi connectivity index (χ4v) is 3.89. The molecule has 1 aliphatic rings. The maximum absolute atomic E-state index is 12.7. The summed E-state index contributed by atoms with van der Waals surface area (Å²) in [6.07, 6.45) is 1.55. The van der Waals surface area contributed by atoms with E-state index in [1.54, 1.807) is 48.4 Å². The first-order valence-electron chi connectivity index (χ1n) is 11.3. The van der Waals surface area contributed by atoms with Gasteiger partial charge in [0.15, 0.2) is 0 Å². The Bertz CT molecular complexity index is 978. The number of amides is 3. The van der Waals surface area contributed by atoms with Gasteiger partial charge in [-0.1, -0.05) is 32.9 Å². The summed E-state index contributed by atoms with van der Waals surface area (Å²) in [4.78, 5) is 39.5. The summed E-state index contributed by atoms with van der Waals surface area (Å²) in [5.41, 5.74) is 2.40. The van der Waals surface area contributed by atoms with Crippen molar-refractivity contribution in [3.63, 3.8) is 0 Å². The van der Waals surface area contributed by atoms with Crippen molar-refractivity contribution in [1.82, 2.24) is 10.2 Å². The zero-order chi connectivity index (χ0) is 24.0. The van der Waals surface area contributed by atoms with Crippen LogP contribution in [0.25, 0.3) is 0 Å². The van der Waals surface area contributed by atoms with Gasteiger partial charge >= 0.3 is 0 Å². The fraction of sp³-hybridized carbons (Fsp3) is 0.423. The molecule has 3 rings (SSSR count). The van der Waals surface area contributed by atoms with Crippen LogP contribution in [-0.2, 0) is 15.0 Å². The number of methoxy groups -OCH3 is 1. The van der Waals surface area contributed by atoms with Crippen molar-refractivity contribution in [3.05, 3.63) is 59.7 Å². The van der Waals surface area contributed by atoms with Gasteiger partial charge in [0.1, 0.15) is 11.8 Å². The maximum atomic E-state index is 12.7. The summed E-state index contributed by atoms with van der Waals surface area (Å²) in [5.74, 6) is 0.163. The van der Waals surface area contributed by atoms with E-state index >= 15 is 0 Å². The Morgan fingerprint density at radius 2 is 1.70 bits per heavy atom. The van der Waals surface area contributed by atoms with Gasteiger partial charge in [0, 0.05) is 30.8 Å². The van der Waals surface area contributed by atoms with E-state index < -0.39 is 6.04 Å². The smallest absolute Gasteiger partial charge is 0.251 e. The van der Waals surface area contributed by atoms with Gasteiger partial charge in [0.05, 0.1) is 7.11 Å². The molecule has 1 fully saturated rings. The van der Waals surface area contributed by atoms with Crippen molar-refractivity contribution in [1.29, 1.82) is 0 Å². The van der Waals surface area contributed by atoms with Crippen molar-refractivity contribution in [3.8, 4) is 5.75 Å². The molecule has 0 radical (unpaired) electrons. The zero-order valence-corrected chi connectivity index (χ0v) is 19.8. The van der Waals surface area contributed by atoms with E-state index in [-0.39, 0.29) is 36.1 Å². The van der Waals surface area contributed by atoms with Crippen LogP contribution in [0.3, 0.4) is 0 Å². The Labute approximate surface area is 195 Å². The Morgan fingerprint density at radius 3 is 2.30 bits per heavy atom. The number of likely N-dealkylation sites (tertiary alicyclic amines) is 1. The molecule has 0 saturated carbocycles. The second-order valence-electron chi connectivity index (χ2n) is 9.30. The molecule has 1 heterocycles. The number of hydrogen-bond acceptors (Lipinski definition) is 4. The molecular weight excluding hydrogens is 418 g/mol. The van der Waals surface area contributed by atoms with Gasteiger partial charge in [-0.3, -0.25) is 14.4 Å². The molecule has 1 unspecified atom stereocenters. The summed E-state index contributed by atoms with van der Waals surface area (Å²) in [6.45, 7) is 7.13. The highest BCUT2D eigenvalue weighted by atomic mass is 16.5. The summed E-state index contributed by atoms with van der Waals surface area (Å²) in [6, 6.07) is 14.1. The summed E-state index contributed by atoms with van der Waals surface area (Å²) < 4.78 is 5.13. The van der Waals surface area contributed by atoms with Crippen LogP contribution in [0.2, 0.25) is 0 Å². The van der Waals surface area contributed by atoms with Crippen LogP contribution in [-0.4, -0.2) is 48.9 Å². The monoisotopic (exact) mass is 451 g/mol. The number of anilines is 1. The maximum Gasteiger partial charge on any atom is 0.251 e. The lowest BCUT2D eigenvalue weighted by atomic mass is 9.87. The van der Waals surface area contributed by atoms with E-state index in [2.05, 4.69) is 31.4 Å². The number of carbonyl (C=O) groups is 3. The van der Waals surface area contributed by atoms with Gasteiger partial charge in [0.2, 0.25) is 11.8 Å². The van der Waals surface area contributed by atoms with Crippen molar-refractivity contribution in [2.45, 2.75) is 51.5 Å². The van der Waals surface area contributed by atoms with Gasteiger partial charge in [0.25, 0.3) is 5.91 Å². The molecule has 1 aliphatic heterocycles. The summed E-state index contributed by atoms with van der Waals surface area (Å²) in [5, 5.41) is 5.68. The minimum Gasteiger partial charge on any atom is -0.497 e. The van der Waals surface area contributed by atoms with Crippen molar-refractivity contribution in [2.24, 2.45) is 0 Å². The van der Waals surface area contributed by atoms with Crippen LogP contribution in [0.5, 0.6) is 5.75 Å². The van der Waals surface area contributed by atoms with E-state index in [0.717, 1.165) is 12.0 Å². The molecular formula is C26H33N3O4. The lowest BCUT2D eigenvalue weighted by Gasteiger charge is -2.24. The number of ether oxygens (including phenoxy) is 1. The third kappa shape index (κ3) is 6.34. The average molecular weight is 452 g/mol. The zero-order valence-electron chi connectivity index (χ0n) is 19.8. The molecule has 1 atom stereocenters. The highest BCUT2D eigenvalue weighted by Crippen LogP contribution is 2.23. The molecule has 2 aromatic carbocycles. The van der Waals surface area contributed by atoms with Crippen LogP contribution in [0, 0.1) is 0 Å². The van der Waals surface area contributed by atoms with Gasteiger partial charge in [-0.25, -0.2) is 0 Å². The second-order valence-corrected chi connectivity index (χ2v) is 9.30. The average Bonchev–Trinajstić information content (AvgIpc) is 3.29. The van der Waals surface area contributed by atoms with Crippen molar-refractivity contribution < 1.29 is 19.1 Å². The third-order valence-corrected chi connectivity index (χ3v) is 5.87.